The van der Waals surface area contributed by atoms with Crippen molar-refractivity contribution in [2.75, 3.05) is 0 Å². The number of allylic oxidation sites excluding steroid dienone is 4. The smallest absolute Gasteiger partial charge is 0.343 e. The van der Waals surface area contributed by atoms with Gasteiger partial charge in [-0.3, -0.25) is 9.59 Å². The summed E-state index contributed by atoms with van der Waals surface area (Å²) in [5, 5.41) is 0. The largest absolute Gasteiger partial charge is 0.494 e. The lowest BCUT2D eigenvalue weighted by Gasteiger charge is -2.54. The molecule has 6 heteroatoms. The lowest BCUT2D eigenvalue weighted by molar-refractivity contribution is -0.167. The molecule has 0 aliphatic heterocycles. The van der Waals surface area contributed by atoms with Crippen molar-refractivity contribution in [2.24, 2.45) is 46.3 Å². The van der Waals surface area contributed by atoms with Crippen LogP contribution in [0.2, 0.25) is 0 Å². The molecule has 0 saturated heterocycles. The molecule has 6 nitrogen and oxygen atoms in total. The molecule has 7 aliphatic rings. The molecular weight excluding hydrogens is 661 g/mol. The van der Waals surface area contributed by atoms with Gasteiger partial charge >= 0.3 is 11.9 Å². The maximum Gasteiger partial charge on any atom is 0.343 e. The van der Waals surface area contributed by atoms with Crippen molar-refractivity contribution in [3.05, 3.63) is 88.7 Å². The highest BCUT2D eigenvalue weighted by Crippen LogP contribution is 2.66. The van der Waals surface area contributed by atoms with Crippen molar-refractivity contribution in [2.45, 2.75) is 115 Å². The highest BCUT2D eigenvalue weighted by molar-refractivity contribution is 6.00. The minimum Gasteiger partial charge on any atom is -0.494 e. The number of fused-ring (bicyclic) bond motifs is 10. The van der Waals surface area contributed by atoms with E-state index in [0.29, 0.717) is 59.2 Å². The van der Waals surface area contributed by atoms with Crippen LogP contribution in [0.15, 0.2) is 72.0 Å². The van der Waals surface area contributed by atoms with Crippen LogP contribution < -0.4 is 4.74 Å². The zero-order chi connectivity index (χ0) is 36.7. The minimum atomic E-state index is -0.780. The number of benzene rings is 2. The van der Waals surface area contributed by atoms with Gasteiger partial charge in [0.25, 0.3) is 0 Å². The zero-order valence-electron chi connectivity index (χ0n) is 31.4. The zero-order valence-corrected chi connectivity index (χ0v) is 31.4. The van der Waals surface area contributed by atoms with Crippen molar-refractivity contribution in [3.63, 3.8) is 0 Å². The van der Waals surface area contributed by atoms with E-state index >= 15 is 0 Å². The summed E-state index contributed by atoms with van der Waals surface area (Å²) in [7, 11) is 0. The van der Waals surface area contributed by atoms with E-state index in [1.807, 2.05) is 30.3 Å². The Balaban J connectivity index is 0.881. The van der Waals surface area contributed by atoms with E-state index < -0.39 is 11.6 Å². The first-order valence-corrected chi connectivity index (χ1v) is 20.2. The van der Waals surface area contributed by atoms with E-state index in [9.17, 15) is 14.4 Å². The molecule has 0 bridgehead atoms. The first-order chi connectivity index (χ1) is 25.5. The molecule has 11 atom stereocenters. The Bertz CT molecular complexity index is 1950. The van der Waals surface area contributed by atoms with Gasteiger partial charge < -0.3 is 14.2 Å². The Morgan fingerprint density at radius 1 is 0.868 bits per heavy atom. The molecule has 4 fully saturated rings. The number of carbonyl (C=O) groups is 3. The van der Waals surface area contributed by atoms with Crippen molar-refractivity contribution >= 4 is 17.7 Å². The first-order valence-electron chi connectivity index (χ1n) is 20.2. The Kier molecular flexibility index (Phi) is 8.33. The van der Waals surface area contributed by atoms with E-state index in [1.54, 1.807) is 18.2 Å². The van der Waals surface area contributed by atoms with E-state index in [-0.39, 0.29) is 28.7 Å². The lowest BCUT2D eigenvalue weighted by Crippen LogP contribution is -2.53. The Hall–Kier alpha value is -4.11. The van der Waals surface area contributed by atoms with Crippen LogP contribution in [0.5, 0.6) is 5.75 Å². The average molecular weight is 713 g/mol. The van der Waals surface area contributed by atoms with Gasteiger partial charge in [0.2, 0.25) is 0 Å². The number of esters is 2. The molecule has 2 aromatic rings. The topological polar surface area (TPSA) is 78.9 Å². The molecule has 53 heavy (non-hydrogen) atoms. The third-order valence-electron chi connectivity index (χ3n) is 15.8. The van der Waals surface area contributed by atoms with E-state index in [4.69, 9.17) is 20.6 Å². The predicted molar refractivity (Wildman–Crippen MR) is 202 cm³/mol. The summed E-state index contributed by atoms with van der Waals surface area (Å²) >= 11 is 0. The minimum absolute atomic E-state index is 0.0373. The number of hydrogen-bond donors (Lipinski definition) is 0. The number of rotatable bonds is 5. The van der Waals surface area contributed by atoms with Gasteiger partial charge in [0, 0.05) is 36.2 Å². The fourth-order valence-electron chi connectivity index (χ4n) is 13.2. The van der Waals surface area contributed by atoms with Crippen LogP contribution >= 0.6 is 0 Å². The molecule has 4 saturated carbocycles. The SMILES string of the molecule is C#C[C@]1(OC(C)=O)CC[C@H]2[C@@H]3CC=C4C=C(O[C@H]5CC[C@H]6[C@@H]7CC(=O)c8cc(OC(=O)c9ccccc9)ccc8[C@H]7CC[C@]56C)CC[C@@H]4[C@H]3CC[C@@]21C. The predicted octanol–water partition coefficient (Wildman–Crippen LogP) is 9.79. The van der Waals surface area contributed by atoms with Crippen molar-refractivity contribution < 1.29 is 28.6 Å². The van der Waals surface area contributed by atoms with E-state index in [0.717, 1.165) is 87.5 Å². The second kappa shape index (κ2) is 12.7. The van der Waals surface area contributed by atoms with Crippen LogP contribution in [0.1, 0.15) is 130 Å². The maximum atomic E-state index is 13.7. The van der Waals surface area contributed by atoms with Gasteiger partial charge in [-0.05, 0) is 147 Å². The summed E-state index contributed by atoms with van der Waals surface area (Å²) < 4.78 is 18.7. The Morgan fingerprint density at radius 3 is 2.49 bits per heavy atom. The number of hydrogen-bond acceptors (Lipinski definition) is 6. The van der Waals surface area contributed by atoms with Crippen LogP contribution in [-0.2, 0) is 14.3 Å². The number of Topliss-reactive ketones (excluding diaryl/α,β-unsaturated/α-hetero) is 1. The van der Waals surface area contributed by atoms with Crippen LogP contribution in [0.25, 0.3) is 0 Å². The summed E-state index contributed by atoms with van der Waals surface area (Å²) in [6.07, 6.45) is 23.0. The standard InChI is InChI=1S/C47H52O6/c1-5-47(53-28(2)48)24-21-41-37-14-11-30-25-31(12-15-33(30)35(37)20-23-46(41,47)4)51-43-18-17-40-38-27-42(49)39-26-32(52-44(50)29-9-7-6-8-10-29)13-16-34(39)36(38)19-22-45(40,43)3/h1,6-11,13,16,25-26,33,35-38,40-41,43H,12,14-15,17-24,27H2,2-4H3/t33-,35+,36+,37+,38+,40-,41-,43-,45-,46-,47-/m0/s1. The normalized spacial score (nSPS) is 39.3. The summed E-state index contributed by atoms with van der Waals surface area (Å²) in [5.41, 5.74) is 2.89. The Morgan fingerprint density at radius 2 is 1.70 bits per heavy atom. The van der Waals surface area contributed by atoms with E-state index in [2.05, 4.69) is 31.9 Å². The van der Waals surface area contributed by atoms with Crippen LogP contribution in [-0.4, -0.2) is 29.4 Å². The molecule has 0 N–H and O–H groups in total. The van der Waals surface area contributed by atoms with Gasteiger partial charge in [0.1, 0.15) is 11.9 Å². The third kappa shape index (κ3) is 5.38. The molecule has 0 unspecified atom stereocenters. The fourth-order valence-corrected chi connectivity index (χ4v) is 13.2. The van der Waals surface area contributed by atoms with E-state index in [1.165, 1.54) is 12.5 Å². The molecule has 7 aliphatic carbocycles. The maximum absolute atomic E-state index is 13.7. The molecule has 0 amide bonds. The van der Waals surface area contributed by atoms with Gasteiger partial charge in [-0.25, -0.2) is 4.79 Å². The second-order valence-electron chi connectivity index (χ2n) is 17.9. The third-order valence-corrected chi connectivity index (χ3v) is 15.8. The molecule has 0 heterocycles. The summed E-state index contributed by atoms with van der Waals surface area (Å²) in [6.45, 7) is 6.22. The second-order valence-corrected chi connectivity index (χ2v) is 17.9. The van der Waals surface area contributed by atoms with Crippen molar-refractivity contribution in [1.29, 1.82) is 0 Å². The fraction of sp³-hybridized carbons (Fsp3) is 0.553. The summed E-state index contributed by atoms with van der Waals surface area (Å²) in [4.78, 5) is 38.6. The van der Waals surface area contributed by atoms with Crippen LogP contribution in [0, 0.1) is 58.7 Å². The van der Waals surface area contributed by atoms with Gasteiger partial charge in [-0.1, -0.05) is 50.1 Å². The number of ether oxygens (including phenoxy) is 3. The van der Waals surface area contributed by atoms with Crippen LogP contribution in [0.4, 0.5) is 0 Å². The summed E-state index contributed by atoms with van der Waals surface area (Å²) in [5.74, 6) is 7.36. The molecule has 0 aromatic heterocycles. The lowest BCUT2D eigenvalue weighted by atomic mass is 9.51. The highest BCUT2D eigenvalue weighted by Gasteiger charge is 2.64. The monoisotopic (exact) mass is 712 g/mol. The molecular formula is C47H52O6. The molecule has 276 valence electrons. The van der Waals surface area contributed by atoms with Crippen molar-refractivity contribution in [1.82, 2.24) is 0 Å². The van der Waals surface area contributed by atoms with Crippen LogP contribution in [0.3, 0.4) is 0 Å². The van der Waals surface area contributed by atoms with Crippen molar-refractivity contribution in [3.8, 4) is 18.1 Å². The quantitative estimate of drug-likeness (QED) is 0.175. The van der Waals surface area contributed by atoms with Gasteiger partial charge in [-0.15, -0.1) is 6.42 Å². The first kappa shape index (κ1) is 34.6. The average Bonchev–Trinajstić information content (AvgIpc) is 3.64. The summed E-state index contributed by atoms with van der Waals surface area (Å²) in [6, 6.07) is 14.7. The Labute approximate surface area is 314 Å². The molecule has 0 radical (unpaired) electrons. The number of ketones is 1. The molecule has 9 rings (SSSR count). The number of carbonyl (C=O) groups excluding carboxylic acids is 3. The highest BCUT2D eigenvalue weighted by atomic mass is 16.6. The van der Waals surface area contributed by atoms with Gasteiger partial charge in [-0.2, -0.15) is 0 Å². The number of terminal acetylenes is 1. The molecule has 0 spiro atoms. The van der Waals surface area contributed by atoms with Gasteiger partial charge in [0.15, 0.2) is 11.4 Å². The molecule has 2 aromatic carbocycles. The van der Waals surface area contributed by atoms with Gasteiger partial charge in [0.05, 0.1) is 11.3 Å².